The maximum absolute atomic E-state index is 13.2. The Balaban J connectivity index is 0.00000361. The Kier molecular flexibility index (Phi) is 10.1. The first-order chi connectivity index (χ1) is 17.1. The van der Waals surface area contributed by atoms with Gasteiger partial charge in [0.1, 0.15) is 18.1 Å². The van der Waals surface area contributed by atoms with E-state index in [2.05, 4.69) is 41.3 Å². The summed E-state index contributed by atoms with van der Waals surface area (Å²) < 4.78 is 5.91. The van der Waals surface area contributed by atoms with E-state index in [0.29, 0.717) is 18.7 Å². The first-order valence-corrected chi connectivity index (χ1v) is 12.0. The van der Waals surface area contributed by atoms with E-state index < -0.39 is 0 Å². The molecular formula is C31H32ClNO3. The quantitative estimate of drug-likeness (QED) is 0.232. The van der Waals surface area contributed by atoms with Crippen molar-refractivity contribution in [3.8, 4) is 11.5 Å². The van der Waals surface area contributed by atoms with Crippen molar-refractivity contribution >= 4 is 18.2 Å². The van der Waals surface area contributed by atoms with Gasteiger partial charge in [-0.25, -0.2) is 0 Å². The Morgan fingerprint density at radius 2 is 1.36 bits per heavy atom. The summed E-state index contributed by atoms with van der Waals surface area (Å²) >= 11 is 0. The van der Waals surface area contributed by atoms with Gasteiger partial charge in [-0.1, -0.05) is 72.8 Å². The van der Waals surface area contributed by atoms with Gasteiger partial charge in [0.2, 0.25) is 0 Å². The minimum atomic E-state index is -0.298. The van der Waals surface area contributed by atoms with Crippen LogP contribution in [0.15, 0.2) is 109 Å². The number of halogens is 1. The second-order valence-corrected chi connectivity index (χ2v) is 8.71. The monoisotopic (exact) mass is 501 g/mol. The van der Waals surface area contributed by atoms with Gasteiger partial charge in [0.25, 0.3) is 0 Å². The van der Waals surface area contributed by atoms with Gasteiger partial charge in [0.05, 0.1) is 6.04 Å². The third-order valence-corrected chi connectivity index (χ3v) is 6.17. The summed E-state index contributed by atoms with van der Waals surface area (Å²) in [6.07, 6.45) is 0.818. The third-order valence-electron chi connectivity index (χ3n) is 6.17. The molecule has 0 spiro atoms. The predicted molar refractivity (Wildman–Crippen MR) is 147 cm³/mol. The smallest absolute Gasteiger partial charge is 0.179 e. The van der Waals surface area contributed by atoms with Gasteiger partial charge in [-0.2, -0.15) is 0 Å². The Labute approximate surface area is 219 Å². The van der Waals surface area contributed by atoms with E-state index in [4.69, 9.17) is 4.74 Å². The molecular weight excluding hydrogens is 470 g/mol. The first kappa shape index (κ1) is 27.0. The van der Waals surface area contributed by atoms with Crippen LogP contribution in [-0.2, 0) is 19.6 Å². The number of Topliss-reactive ketones (excluding diaryl/α,β-unsaturated/α-hetero) is 1. The highest BCUT2D eigenvalue weighted by atomic mass is 35.5. The molecule has 0 saturated heterocycles. The topological polar surface area (TPSA) is 49.8 Å². The van der Waals surface area contributed by atoms with Crippen LogP contribution in [0.1, 0.15) is 34.0 Å². The van der Waals surface area contributed by atoms with Crippen LogP contribution in [0.4, 0.5) is 0 Å². The average molecular weight is 502 g/mol. The zero-order valence-electron chi connectivity index (χ0n) is 20.4. The zero-order valence-corrected chi connectivity index (χ0v) is 21.2. The van der Waals surface area contributed by atoms with Gasteiger partial charge in [-0.15, -0.1) is 12.4 Å². The number of benzene rings is 4. The van der Waals surface area contributed by atoms with Crippen molar-refractivity contribution in [2.24, 2.45) is 0 Å². The zero-order chi connectivity index (χ0) is 24.5. The van der Waals surface area contributed by atoms with Crippen LogP contribution in [0.2, 0.25) is 0 Å². The highest BCUT2D eigenvalue weighted by Gasteiger charge is 2.22. The lowest BCUT2D eigenvalue weighted by molar-refractivity contribution is 0.0829. The van der Waals surface area contributed by atoms with Crippen molar-refractivity contribution in [3.05, 3.63) is 131 Å². The molecule has 4 aromatic rings. The SMILES string of the molecule is CC(C(=O)c1ccc(O)cc1)N(CCc1ccc(OCc2ccccc2)cc1)Cc1ccccc1.Cl. The first-order valence-electron chi connectivity index (χ1n) is 12.0. The molecule has 5 heteroatoms. The molecule has 0 amide bonds. The Hall–Kier alpha value is -3.60. The number of carbonyl (C=O) groups excluding carboxylic acids is 1. The van der Waals surface area contributed by atoms with Crippen LogP contribution in [0.5, 0.6) is 11.5 Å². The molecule has 1 unspecified atom stereocenters. The summed E-state index contributed by atoms with van der Waals surface area (Å²) in [6.45, 7) is 3.93. The van der Waals surface area contributed by atoms with E-state index in [-0.39, 0.29) is 30.0 Å². The second-order valence-electron chi connectivity index (χ2n) is 8.71. The van der Waals surface area contributed by atoms with E-state index >= 15 is 0 Å². The number of carbonyl (C=O) groups is 1. The minimum absolute atomic E-state index is 0. The van der Waals surface area contributed by atoms with Crippen LogP contribution in [0.25, 0.3) is 0 Å². The average Bonchev–Trinajstić information content (AvgIpc) is 2.91. The van der Waals surface area contributed by atoms with Gasteiger partial charge in [0, 0.05) is 18.7 Å². The van der Waals surface area contributed by atoms with Crippen LogP contribution >= 0.6 is 12.4 Å². The maximum atomic E-state index is 13.2. The molecule has 0 bridgehead atoms. The van der Waals surface area contributed by atoms with Crippen molar-refractivity contribution in [2.45, 2.75) is 32.5 Å². The molecule has 1 N–H and O–H groups in total. The Morgan fingerprint density at radius 1 is 0.778 bits per heavy atom. The van der Waals surface area contributed by atoms with E-state index in [1.165, 1.54) is 11.1 Å². The molecule has 0 heterocycles. The number of phenolic OH excluding ortho intramolecular Hbond substituents is 1. The number of phenols is 1. The fourth-order valence-corrected chi connectivity index (χ4v) is 4.03. The molecule has 0 saturated carbocycles. The molecule has 0 aliphatic rings. The van der Waals surface area contributed by atoms with Gasteiger partial charge < -0.3 is 9.84 Å². The van der Waals surface area contributed by atoms with E-state index in [0.717, 1.165) is 24.3 Å². The number of hydrogen-bond acceptors (Lipinski definition) is 4. The van der Waals surface area contributed by atoms with Gasteiger partial charge in [-0.05, 0) is 66.4 Å². The maximum Gasteiger partial charge on any atom is 0.179 e. The summed E-state index contributed by atoms with van der Waals surface area (Å²) in [7, 11) is 0. The lowest BCUT2D eigenvalue weighted by Gasteiger charge is -2.28. The number of ether oxygens (including phenoxy) is 1. The summed E-state index contributed by atoms with van der Waals surface area (Å²) in [5.74, 6) is 1.05. The van der Waals surface area contributed by atoms with Crippen LogP contribution in [0, 0.1) is 0 Å². The van der Waals surface area contributed by atoms with Gasteiger partial charge in [0.15, 0.2) is 5.78 Å². The van der Waals surface area contributed by atoms with Crippen molar-refractivity contribution in [1.82, 2.24) is 4.90 Å². The van der Waals surface area contributed by atoms with Gasteiger partial charge in [-0.3, -0.25) is 9.69 Å². The lowest BCUT2D eigenvalue weighted by Crippen LogP contribution is -2.40. The Bertz CT molecular complexity index is 1200. The molecule has 0 radical (unpaired) electrons. The van der Waals surface area contributed by atoms with E-state index in [1.807, 2.05) is 55.5 Å². The van der Waals surface area contributed by atoms with Crippen molar-refractivity contribution < 1.29 is 14.6 Å². The van der Waals surface area contributed by atoms with Crippen molar-refractivity contribution in [2.75, 3.05) is 6.54 Å². The number of nitrogens with zero attached hydrogens (tertiary/aromatic N) is 1. The highest BCUT2D eigenvalue weighted by Crippen LogP contribution is 2.18. The molecule has 186 valence electrons. The van der Waals surface area contributed by atoms with Crippen molar-refractivity contribution in [3.63, 3.8) is 0 Å². The third kappa shape index (κ3) is 7.70. The standard InChI is InChI=1S/C31H31NO3.ClH/c1-24(31(34)28-14-16-29(33)17-15-28)32(22-26-8-4-2-5-9-26)21-20-25-12-18-30(19-13-25)35-23-27-10-6-3-7-11-27;/h2-19,24,33H,20-23H2,1H3;1H. The second kappa shape index (κ2) is 13.5. The number of rotatable bonds is 11. The Morgan fingerprint density at radius 3 is 1.97 bits per heavy atom. The highest BCUT2D eigenvalue weighted by molar-refractivity contribution is 5.99. The summed E-state index contributed by atoms with van der Waals surface area (Å²) in [5, 5.41) is 9.57. The van der Waals surface area contributed by atoms with E-state index in [9.17, 15) is 9.90 Å². The van der Waals surface area contributed by atoms with Crippen LogP contribution in [-0.4, -0.2) is 28.4 Å². The fraction of sp³-hybridized carbons (Fsp3) is 0.194. The fourth-order valence-electron chi connectivity index (χ4n) is 4.03. The molecule has 0 fully saturated rings. The summed E-state index contributed by atoms with van der Waals surface area (Å²) in [6, 6.07) is 34.7. The molecule has 36 heavy (non-hydrogen) atoms. The summed E-state index contributed by atoms with van der Waals surface area (Å²) in [5.41, 5.74) is 4.11. The minimum Gasteiger partial charge on any atom is -0.508 e. The molecule has 4 rings (SSSR count). The van der Waals surface area contributed by atoms with Crippen LogP contribution in [0.3, 0.4) is 0 Å². The van der Waals surface area contributed by atoms with Gasteiger partial charge >= 0.3 is 0 Å². The molecule has 1 atom stereocenters. The predicted octanol–water partition coefficient (Wildman–Crippen LogP) is 6.71. The number of hydrogen-bond donors (Lipinski definition) is 1. The molecule has 4 aromatic carbocycles. The summed E-state index contributed by atoms with van der Waals surface area (Å²) in [4.78, 5) is 15.4. The molecule has 0 aliphatic heterocycles. The van der Waals surface area contributed by atoms with E-state index in [1.54, 1.807) is 24.3 Å². The number of aromatic hydroxyl groups is 1. The lowest BCUT2D eigenvalue weighted by atomic mass is 10.0. The molecule has 0 aromatic heterocycles. The van der Waals surface area contributed by atoms with Crippen LogP contribution < -0.4 is 4.74 Å². The normalized spacial score (nSPS) is 11.5. The largest absolute Gasteiger partial charge is 0.508 e. The number of ketones is 1. The molecule has 4 nitrogen and oxygen atoms in total. The van der Waals surface area contributed by atoms with Crippen molar-refractivity contribution in [1.29, 1.82) is 0 Å². The molecule has 0 aliphatic carbocycles.